The number of phenols is 1. The van der Waals surface area contributed by atoms with Crippen molar-refractivity contribution in [3.05, 3.63) is 58.1 Å². The van der Waals surface area contributed by atoms with E-state index in [0.29, 0.717) is 11.3 Å². The van der Waals surface area contributed by atoms with E-state index in [-0.39, 0.29) is 11.7 Å². The number of aromatic hydroxyl groups is 1. The van der Waals surface area contributed by atoms with E-state index in [1.807, 2.05) is 19.1 Å². The molecule has 0 atom stereocenters. The molecular formula is C14H12BrNO2. The number of hydrogen-bond acceptors (Lipinski definition) is 2. The molecule has 2 N–H and O–H groups in total. The largest absolute Gasteiger partial charge is 0.506 e. The molecule has 2 aromatic rings. The number of hydrogen-bond donors (Lipinski definition) is 2. The van der Waals surface area contributed by atoms with Crippen LogP contribution in [0, 0.1) is 6.92 Å². The van der Waals surface area contributed by atoms with Gasteiger partial charge < -0.3 is 10.4 Å². The molecule has 0 aliphatic heterocycles. The average molecular weight is 306 g/mol. The summed E-state index contributed by atoms with van der Waals surface area (Å²) in [6, 6.07) is 12.2. The van der Waals surface area contributed by atoms with Crippen LogP contribution in [0.3, 0.4) is 0 Å². The Balaban J connectivity index is 2.21. The maximum atomic E-state index is 12.0. The Morgan fingerprint density at radius 3 is 2.67 bits per heavy atom. The van der Waals surface area contributed by atoms with E-state index in [2.05, 4.69) is 21.2 Å². The quantitative estimate of drug-likeness (QED) is 0.831. The fourth-order valence-electron chi connectivity index (χ4n) is 1.57. The predicted molar refractivity (Wildman–Crippen MR) is 74.9 cm³/mol. The van der Waals surface area contributed by atoms with Crippen LogP contribution < -0.4 is 5.32 Å². The first-order chi connectivity index (χ1) is 8.56. The minimum Gasteiger partial charge on any atom is -0.506 e. The molecule has 0 aromatic heterocycles. The van der Waals surface area contributed by atoms with Crippen LogP contribution in [0.4, 0.5) is 5.69 Å². The Bertz CT molecular complexity index is 596. The van der Waals surface area contributed by atoms with Gasteiger partial charge in [0.25, 0.3) is 5.91 Å². The Kier molecular flexibility index (Phi) is 3.67. The molecule has 0 radical (unpaired) electrons. The lowest BCUT2D eigenvalue weighted by atomic mass is 10.2. The molecule has 0 aliphatic carbocycles. The van der Waals surface area contributed by atoms with E-state index >= 15 is 0 Å². The maximum absolute atomic E-state index is 12.0. The van der Waals surface area contributed by atoms with Crippen molar-refractivity contribution in [2.45, 2.75) is 6.92 Å². The number of carbonyl (C=O) groups is 1. The van der Waals surface area contributed by atoms with E-state index in [4.69, 9.17) is 0 Å². The molecule has 0 aliphatic rings. The zero-order valence-corrected chi connectivity index (χ0v) is 11.4. The SMILES string of the molecule is Cc1ccc(NC(=O)c2cccc(Br)c2)c(O)c1. The van der Waals surface area contributed by atoms with Crippen molar-refractivity contribution in [1.29, 1.82) is 0 Å². The molecule has 0 fully saturated rings. The summed E-state index contributed by atoms with van der Waals surface area (Å²) in [5, 5.41) is 12.4. The van der Waals surface area contributed by atoms with Crippen molar-refractivity contribution in [3.8, 4) is 5.75 Å². The van der Waals surface area contributed by atoms with E-state index in [9.17, 15) is 9.90 Å². The highest BCUT2D eigenvalue weighted by Crippen LogP contribution is 2.24. The maximum Gasteiger partial charge on any atom is 0.255 e. The van der Waals surface area contributed by atoms with Gasteiger partial charge in [-0.1, -0.05) is 28.1 Å². The highest BCUT2D eigenvalue weighted by Gasteiger charge is 2.09. The van der Waals surface area contributed by atoms with Crippen molar-refractivity contribution in [1.82, 2.24) is 0 Å². The fraction of sp³-hybridized carbons (Fsp3) is 0.0714. The highest BCUT2D eigenvalue weighted by atomic mass is 79.9. The first-order valence-corrected chi connectivity index (χ1v) is 6.22. The van der Waals surface area contributed by atoms with Crippen molar-refractivity contribution in [2.24, 2.45) is 0 Å². The lowest BCUT2D eigenvalue weighted by molar-refractivity contribution is 0.102. The number of aryl methyl sites for hydroxylation is 1. The molecule has 0 bridgehead atoms. The normalized spacial score (nSPS) is 10.1. The Morgan fingerprint density at radius 2 is 2.00 bits per heavy atom. The molecule has 2 aromatic carbocycles. The van der Waals surface area contributed by atoms with Crippen LogP contribution in [0.5, 0.6) is 5.75 Å². The monoisotopic (exact) mass is 305 g/mol. The van der Waals surface area contributed by atoms with Gasteiger partial charge in [0, 0.05) is 10.0 Å². The van der Waals surface area contributed by atoms with Crippen LogP contribution in [-0.2, 0) is 0 Å². The molecule has 0 spiro atoms. The summed E-state index contributed by atoms with van der Waals surface area (Å²) in [5.41, 5.74) is 1.88. The summed E-state index contributed by atoms with van der Waals surface area (Å²) in [4.78, 5) is 12.0. The third kappa shape index (κ3) is 2.90. The number of carbonyl (C=O) groups excluding carboxylic acids is 1. The number of rotatable bonds is 2. The second-order valence-corrected chi connectivity index (χ2v) is 4.90. The predicted octanol–water partition coefficient (Wildman–Crippen LogP) is 3.72. The van der Waals surface area contributed by atoms with Gasteiger partial charge in [-0.25, -0.2) is 0 Å². The molecule has 0 unspecified atom stereocenters. The molecule has 92 valence electrons. The van der Waals surface area contributed by atoms with Crippen LogP contribution in [0.1, 0.15) is 15.9 Å². The van der Waals surface area contributed by atoms with Crippen molar-refractivity contribution in [2.75, 3.05) is 5.32 Å². The van der Waals surface area contributed by atoms with Crippen LogP contribution in [-0.4, -0.2) is 11.0 Å². The second-order valence-electron chi connectivity index (χ2n) is 3.99. The lowest BCUT2D eigenvalue weighted by Crippen LogP contribution is -2.11. The summed E-state index contributed by atoms with van der Waals surface area (Å²) < 4.78 is 0.836. The van der Waals surface area contributed by atoms with E-state index < -0.39 is 0 Å². The first kappa shape index (κ1) is 12.6. The van der Waals surface area contributed by atoms with Gasteiger partial charge in [0.1, 0.15) is 5.75 Å². The van der Waals surface area contributed by atoms with E-state index in [0.717, 1.165) is 10.0 Å². The van der Waals surface area contributed by atoms with Gasteiger partial charge in [-0.05, 0) is 42.8 Å². The summed E-state index contributed by atoms with van der Waals surface area (Å²) in [7, 11) is 0. The molecule has 2 rings (SSSR count). The van der Waals surface area contributed by atoms with Gasteiger partial charge in [0.05, 0.1) is 5.69 Å². The van der Waals surface area contributed by atoms with E-state index in [1.54, 1.807) is 30.3 Å². The number of anilines is 1. The topological polar surface area (TPSA) is 49.3 Å². The number of nitrogens with one attached hydrogen (secondary N) is 1. The summed E-state index contributed by atoms with van der Waals surface area (Å²) in [6.07, 6.45) is 0. The molecule has 3 nitrogen and oxygen atoms in total. The van der Waals surface area contributed by atoms with Crippen LogP contribution >= 0.6 is 15.9 Å². The summed E-state index contributed by atoms with van der Waals surface area (Å²) in [5.74, 6) is -0.186. The van der Waals surface area contributed by atoms with Gasteiger partial charge in [-0.2, -0.15) is 0 Å². The van der Waals surface area contributed by atoms with Crippen molar-refractivity contribution >= 4 is 27.5 Å². The van der Waals surface area contributed by atoms with Gasteiger partial charge in [0.15, 0.2) is 0 Å². The van der Waals surface area contributed by atoms with Crippen LogP contribution in [0.25, 0.3) is 0 Å². The Morgan fingerprint density at radius 1 is 1.22 bits per heavy atom. The number of halogens is 1. The standard InChI is InChI=1S/C14H12BrNO2/c1-9-5-6-12(13(17)7-9)16-14(18)10-3-2-4-11(15)8-10/h2-8,17H,1H3,(H,16,18). The Labute approximate surface area is 114 Å². The molecule has 0 saturated heterocycles. The average Bonchev–Trinajstić information content (AvgIpc) is 2.32. The zero-order chi connectivity index (χ0) is 13.1. The molecular weight excluding hydrogens is 294 g/mol. The molecule has 1 amide bonds. The minimum absolute atomic E-state index is 0.0679. The van der Waals surface area contributed by atoms with Crippen LogP contribution in [0.15, 0.2) is 46.9 Å². The van der Waals surface area contributed by atoms with Gasteiger partial charge in [0.2, 0.25) is 0 Å². The smallest absolute Gasteiger partial charge is 0.255 e. The van der Waals surface area contributed by atoms with E-state index in [1.165, 1.54) is 0 Å². The highest BCUT2D eigenvalue weighted by molar-refractivity contribution is 9.10. The number of benzene rings is 2. The van der Waals surface area contributed by atoms with Crippen molar-refractivity contribution in [3.63, 3.8) is 0 Å². The summed E-state index contributed by atoms with van der Waals surface area (Å²) in [6.45, 7) is 1.87. The summed E-state index contributed by atoms with van der Waals surface area (Å²) >= 11 is 3.31. The van der Waals surface area contributed by atoms with Gasteiger partial charge in [-0.15, -0.1) is 0 Å². The first-order valence-electron chi connectivity index (χ1n) is 5.43. The third-order valence-corrected chi connectivity index (χ3v) is 2.98. The molecule has 18 heavy (non-hydrogen) atoms. The molecule has 0 saturated carbocycles. The second kappa shape index (κ2) is 5.23. The fourth-order valence-corrected chi connectivity index (χ4v) is 1.97. The molecule has 0 heterocycles. The number of amides is 1. The Hall–Kier alpha value is -1.81. The lowest BCUT2D eigenvalue weighted by Gasteiger charge is -2.08. The van der Waals surface area contributed by atoms with Crippen LogP contribution in [0.2, 0.25) is 0 Å². The van der Waals surface area contributed by atoms with Gasteiger partial charge >= 0.3 is 0 Å². The molecule has 4 heteroatoms. The number of phenolic OH excluding ortho intramolecular Hbond substituents is 1. The van der Waals surface area contributed by atoms with Gasteiger partial charge in [-0.3, -0.25) is 4.79 Å². The third-order valence-electron chi connectivity index (χ3n) is 2.49. The zero-order valence-electron chi connectivity index (χ0n) is 9.77. The van der Waals surface area contributed by atoms with Crippen molar-refractivity contribution < 1.29 is 9.90 Å². The minimum atomic E-state index is -0.254.